The van der Waals surface area contributed by atoms with Crippen LogP contribution >= 0.6 is 0 Å². The molecule has 1 aromatic carbocycles. The zero-order valence-corrected chi connectivity index (χ0v) is 11.6. The second kappa shape index (κ2) is 5.55. The largest absolute Gasteiger partial charge is 0.336 e. The minimum absolute atomic E-state index is 0.303. The molecule has 0 spiro atoms. The van der Waals surface area contributed by atoms with Gasteiger partial charge in [0.1, 0.15) is 0 Å². The van der Waals surface area contributed by atoms with Crippen LogP contribution in [0.3, 0.4) is 0 Å². The molecule has 0 aliphatic carbocycles. The van der Waals surface area contributed by atoms with Gasteiger partial charge in [0.05, 0.1) is 6.04 Å². The molecule has 1 amide bonds. The van der Waals surface area contributed by atoms with E-state index in [1.54, 1.807) is 0 Å². The molecule has 18 heavy (non-hydrogen) atoms. The fraction of sp³-hybridized carbons (Fsp3) is 0.562. The standard InChI is InChI=1S/C16H23NO/c1-12(2)11-16(18)17-10-4-5-15(17)14-8-6-13(3)7-9-14/h6-9,12,15H,4-5,10-11H2,1-3H3/t15-/m0/s1. The lowest BCUT2D eigenvalue weighted by Gasteiger charge is -2.26. The van der Waals surface area contributed by atoms with Crippen LogP contribution in [-0.2, 0) is 4.79 Å². The Morgan fingerprint density at radius 2 is 2.00 bits per heavy atom. The molecule has 0 saturated carbocycles. The van der Waals surface area contributed by atoms with Crippen molar-refractivity contribution in [2.24, 2.45) is 5.92 Å². The Bertz CT molecular complexity index is 408. The molecule has 0 unspecified atom stereocenters. The van der Waals surface area contributed by atoms with Crippen LogP contribution in [-0.4, -0.2) is 17.4 Å². The van der Waals surface area contributed by atoms with Crippen LogP contribution in [0.1, 0.15) is 50.3 Å². The molecule has 0 aromatic heterocycles. The fourth-order valence-electron chi connectivity index (χ4n) is 2.67. The summed E-state index contributed by atoms with van der Waals surface area (Å²) in [5, 5.41) is 0. The van der Waals surface area contributed by atoms with Gasteiger partial charge in [0, 0.05) is 13.0 Å². The number of rotatable bonds is 3. The van der Waals surface area contributed by atoms with Gasteiger partial charge in [-0.25, -0.2) is 0 Å². The SMILES string of the molecule is Cc1ccc([C@@H]2CCCN2C(=O)CC(C)C)cc1. The Labute approximate surface area is 110 Å². The fourth-order valence-corrected chi connectivity index (χ4v) is 2.67. The third-order valence-electron chi connectivity index (χ3n) is 3.62. The van der Waals surface area contributed by atoms with Crippen LogP contribution in [0.5, 0.6) is 0 Å². The molecule has 0 radical (unpaired) electrons. The number of aryl methyl sites for hydroxylation is 1. The maximum atomic E-state index is 12.2. The van der Waals surface area contributed by atoms with E-state index in [-0.39, 0.29) is 0 Å². The van der Waals surface area contributed by atoms with Crippen LogP contribution in [0, 0.1) is 12.8 Å². The van der Waals surface area contributed by atoms with Gasteiger partial charge < -0.3 is 4.90 Å². The van der Waals surface area contributed by atoms with Gasteiger partial charge in [-0.05, 0) is 31.2 Å². The molecule has 1 heterocycles. The molecular formula is C16H23NO. The Morgan fingerprint density at radius 3 is 2.61 bits per heavy atom. The van der Waals surface area contributed by atoms with Gasteiger partial charge in [-0.1, -0.05) is 43.7 Å². The number of hydrogen-bond acceptors (Lipinski definition) is 1. The monoisotopic (exact) mass is 245 g/mol. The van der Waals surface area contributed by atoms with Gasteiger partial charge in [-0.2, -0.15) is 0 Å². The highest BCUT2D eigenvalue weighted by Gasteiger charge is 2.29. The molecule has 1 aromatic rings. The van der Waals surface area contributed by atoms with E-state index in [2.05, 4.69) is 49.9 Å². The highest BCUT2D eigenvalue weighted by molar-refractivity contribution is 5.77. The molecule has 2 nitrogen and oxygen atoms in total. The second-order valence-electron chi connectivity index (χ2n) is 5.75. The van der Waals surface area contributed by atoms with E-state index >= 15 is 0 Å². The molecule has 1 aliphatic rings. The van der Waals surface area contributed by atoms with Crippen molar-refractivity contribution in [2.75, 3.05) is 6.54 Å². The van der Waals surface area contributed by atoms with Crippen LogP contribution in [0.25, 0.3) is 0 Å². The van der Waals surface area contributed by atoms with E-state index < -0.39 is 0 Å². The van der Waals surface area contributed by atoms with Crippen molar-refractivity contribution < 1.29 is 4.79 Å². The lowest BCUT2D eigenvalue weighted by Crippen LogP contribution is -2.31. The summed E-state index contributed by atoms with van der Waals surface area (Å²) in [6.07, 6.45) is 2.90. The van der Waals surface area contributed by atoms with Crippen molar-refractivity contribution >= 4 is 5.91 Å². The van der Waals surface area contributed by atoms with E-state index in [0.29, 0.717) is 24.3 Å². The van der Waals surface area contributed by atoms with Gasteiger partial charge in [-0.15, -0.1) is 0 Å². The van der Waals surface area contributed by atoms with Crippen molar-refractivity contribution in [3.63, 3.8) is 0 Å². The Kier molecular flexibility index (Phi) is 4.05. The van der Waals surface area contributed by atoms with E-state index in [4.69, 9.17) is 0 Å². The third-order valence-corrected chi connectivity index (χ3v) is 3.62. The smallest absolute Gasteiger partial charge is 0.223 e. The minimum Gasteiger partial charge on any atom is -0.336 e. The Morgan fingerprint density at radius 1 is 1.33 bits per heavy atom. The van der Waals surface area contributed by atoms with Crippen molar-refractivity contribution in [3.05, 3.63) is 35.4 Å². The Hall–Kier alpha value is -1.31. The number of hydrogen-bond donors (Lipinski definition) is 0. The van der Waals surface area contributed by atoms with Crippen LogP contribution < -0.4 is 0 Å². The zero-order chi connectivity index (χ0) is 13.1. The van der Waals surface area contributed by atoms with Gasteiger partial charge in [0.25, 0.3) is 0 Å². The van der Waals surface area contributed by atoms with E-state index in [1.807, 2.05) is 0 Å². The number of carbonyl (C=O) groups excluding carboxylic acids is 1. The average molecular weight is 245 g/mol. The normalized spacial score (nSPS) is 19.6. The number of amides is 1. The maximum Gasteiger partial charge on any atom is 0.223 e. The highest BCUT2D eigenvalue weighted by atomic mass is 16.2. The Balaban J connectivity index is 2.12. The van der Waals surface area contributed by atoms with Crippen LogP contribution in [0.4, 0.5) is 0 Å². The summed E-state index contributed by atoms with van der Waals surface area (Å²) in [5.41, 5.74) is 2.56. The quantitative estimate of drug-likeness (QED) is 0.795. The first-order valence-corrected chi connectivity index (χ1v) is 6.94. The molecule has 1 aliphatic heterocycles. The molecule has 2 heteroatoms. The average Bonchev–Trinajstić information content (AvgIpc) is 2.78. The van der Waals surface area contributed by atoms with Crippen LogP contribution in [0.15, 0.2) is 24.3 Å². The molecule has 2 rings (SSSR count). The number of benzene rings is 1. The summed E-state index contributed by atoms with van der Waals surface area (Å²) in [4.78, 5) is 14.3. The third kappa shape index (κ3) is 2.92. The van der Waals surface area contributed by atoms with Gasteiger partial charge in [0.2, 0.25) is 5.91 Å². The van der Waals surface area contributed by atoms with E-state index in [0.717, 1.165) is 19.4 Å². The number of carbonyl (C=O) groups is 1. The van der Waals surface area contributed by atoms with Crippen molar-refractivity contribution in [3.8, 4) is 0 Å². The first kappa shape index (κ1) is 13.1. The molecule has 1 atom stereocenters. The first-order valence-electron chi connectivity index (χ1n) is 6.94. The predicted molar refractivity (Wildman–Crippen MR) is 74.3 cm³/mol. The predicted octanol–water partition coefficient (Wildman–Crippen LogP) is 3.70. The summed E-state index contributed by atoms with van der Waals surface area (Å²) >= 11 is 0. The molecule has 1 fully saturated rings. The lowest BCUT2D eigenvalue weighted by molar-refractivity contribution is -0.132. The topological polar surface area (TPSA) is 20.3 Å². The molecule has 0 N–H and O–H groups in total. The van der Waals surface area contributed by atoms with Crippen molar-refractivity contribution in [1.29, 1.82) is 0 Å². The van der Waals surface area contributed by atoms with Crippen LogP contribution in [0.2, 0.25) is 0 Å². The maximum absolute atomic E-state index is 12.2. The van der Waals surface area contributed by atoms with Crippen molar-refractivity contribution in [1.82, 2.24) is 4.90 Å². The summed E-state index contributed by atoms with van der Waals surface area (Å²) in [6, 6.07) is 8.91. The second-order valence-corrected chi connectivity index (χ2v) is 5.75. The summed E-state index contributed by atoms with van der Waals surface area (Å²) in [7, 11) is 0. The number of likely N-dealkylation sites (tertiary alicyclic amines) is 1. The molecular weight excluding hydrogens is 222 g/mol. The summed E-state index contributed by atoms with van der Waals surface area (Å²) < 4.78 is 0. The molecule has 0 bridgehead atoms. The van der Waals surface area contributed by atoms with E-state index in [1.165, 1.54) is 11.1 Å². The number of nitrogens with zero attached hydrogens (tertiary/aromatic N) is 1. The van der Waals surface area contributed by atoms with Gasteiger partial charge in [-0.3, -0.25) is 4.79 Å². The minimum atomic E-state index is 0.303. The first-order chi connectivity index (χ1) is 8.58. The highest BCUT2D eigenvalue weighted by Crippen LogP contribution is 2.32. The van der Waals surface area contributed by atoms with Gasteiger partial charge >= 0.3 is 0 Å². The summed E-state index contributed by atoms with van der Waals surface area (Å²) in [5.74, 6) is 0.754. The summed E-state index contributed by atoms with van der Waals surface area (Å²) in [6.45, 7) is 7.23. The van der Waals surface area contributed by atoms with E-state index in [9.17, 15) is 4.79 Å². The lowest BCUT2D eigenvalue weighted by atomic mass is 10.0. The van der Waals surface area contributed by atoms with Gasteiger partial charge in [0.15, 0.2) is 0 Å². The molecule has 1 saturated heterocycles. The zero-order valence-electron chi connectivity index (χ0n) is 11.6. The van der Waals surface area contributed by atoms with Crippen molar-refractivity contribution in [2.45, 2.75) is 46.1 Å². The molecule has 98 valence electrons.